The summed E-state index contributed by atoms with van der Waals surface area (Å²) in [7, 11) is -7.27. The van der Waals surface area contributed by atoms with Crippen molar-refractivity contribution in [2.24, 2.45) is 0 Å². The van der Waals surface area contributed by atoms with Crippen molar-refractivity contribution in [1.29, 1.82) is 0 Å². The molecule has 0 aromatic heterocycles. The quantitative estimate of drug-likeness (QED) is 0.820. The number of hydrogen-bond donors (Lipinski definition) is 0. The van der Waals surface area contributed by atoms with Gasteiger partial charge in [-0.2, -0.15) is 4.31 Å². The van der Waals surface area contributed by atoms with Gasteiger partial charge in [-0.3, -0.25) is 0 Å². The second-order valence-electron chi connectivity index (χ2n) is 4.47. The van der Waals surface area contributed by atoms with E-state index in [9.17, 15) is 25.6 Å². The third-order valence-electron chi connectivity index (χ3n) is 3.25. The van der Waals surface area contributed by atoms with Crippen molar-refractivity contribution in [2.75, 3.05) is 18.8 Å². The van der Waals surface area contributed by atoms with Crippen molar-refractivity contribution in [1.82, 2.24) is 4.31 Å². The summed E-state index contributed by atoms with van der Waals surface area (Å²) < 4.78 is 74.1. The SMILES string of the molecule is CCS(=O)(=O)C1CN(S(=O)(=O)c2ccc(F)c(F)c2)C1. The highest BCUT2D eigenvalue weighted by Gasteiger charge is 2.42. The lowest BCUT2D eigenvalue weighted by Crippen LogP contribution is -2.57. The van der Waals surface area contributed by atoms with Gasteiger partial charge < -0.3 is 0 Å². The van der Waals surface area contributed by atoms with Crippen LogP contribution in [0, 0.1) is 11.6 Å². The van der Waals surface area contributed by atoms with Gasteiger partial charge >= 0.3 is 0 Å². The van der Waals surface area contributed by atoms with E-state index in [4.69, 9.17) is 0 Å². The van der Waals surface area contributed by atoms with E-state index in [0.29, 0.717) is 6.07 Å². The first-order valence-electron chi connectivity index (χ1n) is 5.85. The molecule has 0 amide bonds. The summed E-state index contributed by atoms with van der Waals surface area (Å²) in [6.45, 7) is 1.18. The lowest BCUT2D eigenvalue weighted by atomic mass is 10.3. The van der Waals surface area contributed by atoms with E-state index in [-0.39, 0.29) is 23.7 Å². The molecule has 2 rings (SSSR count). The van der Waals surface area contributed by atoms with Gasteiger partial charge in [-0.1, -0.05) is 6.92 Å². The molecule has 0 unspecified atom stereocenters. The zero-order valence-electron chi connectivity index (χ0n) is 10.6. The Morgan fingerprint density at radius 2 is 1.75 bits per heavy atom. The molecule has 0 saturated carbocycles. The molecule has 1 heterocycles. The molecule has 0 radical (unpaired) electrons. The minimum absolute atomic E-state index is 0.0588. The number of sulfone groups is 1. The molecule has 1 aromatic carbocycles. The smallest absolute Gasteiger partial charge is 0.228 e. The fourth-order valence-corrected chi connectivity index (χ4v) is 4.86. The lowest BCUT2D eigenvalue weighted by molar-refractivity contribution is 0.309. The van der Waals surface area contributed by atoms with Crippen molar-refractivity contribution < 1.29 is 25.6 Å². The van der Waals surface area contributed by atoms with Crippen LogP contribution < -0.4 is 0 Å². The predicted octanol–water partition coefficient (Wildman–Crippen LogP) is 0.772. The summed E-state index contributed by atoms with van der Waals surface area (Å²) >= 11 is 0. The molecular formula is C11H13F2NO4S2. The highest BCUT2D eigenvalue weighted by Crippen LogP contribution is 2.26. The van der Waals surface area contributed by atoms with Gasteiger partial charge in [0.05, 0.1) is 10.1 Å². The van der Waals surface area contributed by atoms with E-state index in [1.165, 1.54) is 6.92 Å². The van der Waals surface area contributed by atoms with Crippen LogP contribution in [0.15, 0.2) is 23.1 Å². The maximum Gasteiger partial charge on any atom is 0.243 e. The number of benzene rings is 1. The summed E-state index contributed by atoms with van der Waals surface area (Å²) in [6, 6.07) is 2.27. The molecule has 1 fully saturated rings. The second-order valence-corrected chi connectivity index (χ2v) is 8.98. The lowest BCUT2D eigenvalue weighted by Gasteiger charge is -2.37. The normalized spacial score (nSPS) is 17.9. The summed E-state index contributed by atoms with van der Waals surface area (Å²) in [6.07, 6.45) is 0. The second kappa shape index (κ2) is 5.05. The topological polar surface area (TPSA) is 71.5 Å². The van der Waals surface area contributed by atoms with Crippen LogP contribution in [-0.2, 0) is 19.9 Å². The Bertz CT molecular complexity index is 725. The predicted molar refractivity (Wildman–Crippen MR) is 68.4 cm³/mol. The maximum atomic E-state index is 13.1. The van der Waals surface area contributed by atoms with Gasteiger partial charge in [-0.05, 0) is 18.2 Å². The molecule has 1 aliphatic rings. The van der Waals surface area contributed by atoms with Crippen molar-refractivity contribution >= 4 is 19.9 Å². The maximum absolute atomic E-state index is 13.1. The first-order valence-corrected chi connectivity index (χ1v) is 9.01. The fourth-order valence-electron chi connectivity index (χ4n) is 1.85. The van der Waals surface area contributed by atoms with E-state index in [0.717, 1.165) is 16.4 Å². The molecule has 9 heteroatoms. The van der Waals surface area contributed by atoms with Crippen LogP contribution in [0.2, 0.25) is 0 Å². The number of halogens is 2. The Morgan fingerprint density at radius 3 is 2.25 bits per heavy atom. The van der Waals surface area contributed by atoms with Gasteiger partial charge in [0.1, 0.15) is 0 Å². The molecule has 20 heavy (non-hydrogen) atoms. The number of nitrogens with zero attached hydrogens (tertiary/aromatic N) is 1. The zero-order chi connectivity index (χ0) is 15.1. The Kier molecular flexibility index (Phi) is 3.87. The van der Waals surface area contributed by atoms with Gasteiger partial charge in [0.2, 0.25) is 10.0 Å². The third-order valence-corrected chi connectivity index (χ3v) is 7.20. The number of rotatable bonds is 4. The summed E-state index contributed by atoms with van der Waals surface area (Å²) in [5, 5.41) is -0.729. The Hall–Kier alpha value is -1.06. The van der Waals surface area contributed by atoms with Crippen LogP contribution in [0.5, 0.6) is 0 Å². The molecule has 0 atom stereocenters. The first kappa shape index (κ1) is 15.3. The first-order chi connectivity index (χ1) is 9.18. The summed E-state index contributed by atoms with van der Waals surface area (Å²) in [4.78, 5) is -0.385. The summed E-state index contributed by atoms with van der Waals surface area (Å²) in [5.41, 5.74) is 0. The van der Waals surface area contributed by atoms with Crippen LogP contribution in [0.25, 0.3) is 0 Å². The number of sulfonamides is 1. The molecule has 112 valence electrons. The highest BCUT2D eigenvalue weighted by atomic mass is 32.2. The van der Waals surface area contributed by atoms with E-state index < -0.39 is 36.7 Å². The van der Waals surface area contributed by atoms with Crippen molar-refractivity contribution in [3.05, 3.63) is 29.8 Å². The van der Waals surface area contributed by atoms with E-state index >= 15 is 0 Å². The average Bonchev–Trinajstić information content (AvgIpc) is 2.29. The van der Waals surface area contributed by atoms with E-state index in [2.05, 4.69) is 0 Å². The molecule has 0 spiro atoms. The van der Waals surface area contributed by atoms with Gasteiger partial charge in [-0.15, -0.1) is 0 Å². The van der Waals surface area contributed by atoms with Crippen molar-refractivity contribution in [2.45, 2.75) is 17.1 Å². The largest absolute Gasteiger partial charge is 0.243 e. The van der Waals surface area contributed by atoms with Crippen LogP contribution in [-0.4, -0.2) is 45.2 Å². The number of hydrogen-bond acceptors (Lipinski definition) is 4. The van der Waals surface area contributed by atoms with Gasteiger partial charge in [0, 0.05) is 18.8 Å². The molecule has 0 aliphatic carbocycles. The Labute approximate surface area is 116 Å². The Morgan fingerprint density at radius 1 is 1.15 bits per heavy atom. The molecule has 5 nitrogen and oxygen atoms in total. The van der Waals surface area contributed by atoms with Gasteiger partial charge in [-0.25, -0.2) is 25.6 Å². The molecule has 1 aliphatic heterocycles. The van der Waals surface area contributed by atoms with Crippen LogP contribution >= 0.6 is 0 Å². The molecular weight excluding hydrogens is 312 g/mol. The van der Waals surface area contributed by atoms with Gasteiger partial charge in [0.25, 0.3) is 0 Å². The Balaban J connectivity index is 2.20. The molecule has 1 saturated heterocycles. The standard InChI is InChI=1S/C11H13F2NO4S2/c1-2-19(15,16)9-6-14(7-9)20(17,18)8-3-4-10(12)11(13)5-8/h3-5,9H,2,6-7H2,1H3. The van der Waals surface area contributed by atoms with Gasteiger partial charge in [0.15, 0.2) is 21.5 Å². The molecule has 0 N–H and O–H groups in total. The zero-order valence-corrected chi connectivity index (χ0v) is 12.2. The molecule has 0 bridgehead atoms. The van der Waals surface area contributed by atoms with Crippen molar-refractivity contribution in [3.8, 4) is 0 Å². The van der Waals surface area contributed by atoms with Crippen molar-refractivity contribution in [3.63, 3.8) is 0 Å². The minimum Gasteiger partial charge on any atom is -0.228 e. The third kappa shape index (κ3) is 2.57. The van der Waals surface area contributed by atoms with Crippen LogP contribution in [0.1, 0.15) is 6.92 Å². The summed E-state index contributed by atoms with van der Waals surface area (Å²) in [5.74, 6) is -2.46. The monoisotopic (exact) mass is 325 g/mol. The average molecular weight is 325 g/mol. The van der Waals surface area contributed by atoms with Crippen LogP contribution in [0.4, 0.5) is 8.78 Å². The fraction of sp³-hybridized carbons (Fsp3) is 0.455. The minimum atomic E-state index is -3.98. The molecule has 1 aromatic rings. The van der Waals surface area contributed by atoms with Crippen LogP contribution in [0.3, 0.4) is 0 Å². The van der Waals surface area contributed by atoms with E-state index in [1.807, 2.05) is 0 Å². The highest BCUT2D eigenvalue weighted by molar-refractivity contribution is 7.92. The van der Waals surface area contributed by atoms with E-state index in [1.54, 1.807) is 0 Å².